The van der Waals surface area contributed by atoms with Gasteiger partial charge in [0, 0.05) is 0 Å². The SMILES string of the molecule is [C-]#[N+]C([N+]#[C-])=c1ccc2cc(=C([N+]#[C-])[N+]#[C-])ccc2c1. The molecule has 0 amide bonds. The number of rotatable bonds is 0. The third-order valence-electron chi connectivity index (χ3n) is 2.78. The molecule has 0 aliphatic rings. The number of fused-ring (bicyclic) bond motifs is 1. The summed E-state index contributed by atoms with van der Waals surface area (Å²) in [5.41, 5.74) is 0. The van der Waals surface area contributed by atoms with Gasteiger partial charge in [0.15, 0.2) is 0 Å². The van der Waals surface area contributed by atoms with E-state index in [2.05, 4.69) is 19.4 Å². The molecule has 0 unspecified atom stereocenters. The molecular formula is C16H6N4. The van der Waals surface area contributed by atoms with E-state index in [-0.39, 0.29) is 11.6 Å². The van der Waals surface area contributed by atoms with Crippen molar-refractivity contribution in [1.82, 2.24) is 0 Å². The Morgan fingerprint density at radius 3 is 1.25 bits per heavy atom. The quantitative estimate of drug-likeness (QED) is 0.643. The summed E-state index contributed by atoms with van der Waals surface area (Å²) in [7, 11) is 0. The van der Waals surface area contributed by atoms with Crippen LogP contribution in [0.3, 0.4) is 0 Å². The highest BCUT2D eigenvalue weighted by Gasteiger charge is 2.07. The van der Waals surface area contributed by atoms with Gasteiger partial charge < -0.3 is 0 Å². The van der Waals surface area contributed by atoms with Crippen molar-refractivity contribution in [2.75, 3.05) is 0 Å². The Labute approximate surface area is 115 Å². The molecule has 0 atom stereocenters. The highest BCUT2D eigenvalue weighted by atomic mass is 14.9. The summed E-state index contributed by atoms with van der Waals surface area (Å²) < 4.78 is 0. The molecule has 0 aromatic heterocycles. The van der Waals surface area contributed by atoms with E-state index in [1.807, 2.05) is 0 Å². The molecule has 0 N–H and O–H groups in total. The summed E-state index contributed by atoms with van der Waals surface area (Å²) >= 11 is 0. The van der Waals surface area contributed by atoms with Gasteiger partial charge in [-0.3, -0.25) is 0 Å². The Bertz CT molecular complexity index is 871. The minimum absolute atomic E-state index is 0.0329. The van der Waals surface area contributed by atoms with Gasteiger partial charge in [-0.05, 0) is 22.9 Å². The van der Waals surface area contributed by atoms with E-state index in [0.29, 0.717) is 10.4 Å². The molecule has 0 aliphatic carbocycles. The molecule has 0 saturated heterocycles. The lowest BCUT2D eigenvalue weighted by Crippen LogP contribution is -2.04. The smallest absolute Gasteiger partial charge is 0.153 e. The standard InChI is InChI=1S/C16H6N4/c1-17-15(18-2)13-7-5-12-10-14(16(19-3)20-4)8-6-11(12)9-13/h5-10H. The molecule has 2 aromatic rings. The van der Waals surface area contributed by atoms with Gasteiger partial charge in [-0.25, -0.2) is 0 Å². The van der Waals surface area contributed by atoms with Crippen molar-refractivity contribution in [3.05, 3.63) is 92.5 Å². The zero-order chi connectivity index (χ0) is 14.5. The van der Waals surface area contributed by atoms with Gasteiger partial charge >= 0.3 is 11.6 Å². The Morgan fingerprint density at radius 1 is 0.600 bits per heavy atom. The lowest BCUT2D eigenvalue weighted by atomic mass is 10.1. The van der Waals surface area contributed by atoms with Crippen LogP contribution >= 0.6 is 0 Å². The molecule has 0 bridgehead atoms. The van der Waals surface area contributed by atoms with E-state index in [4.69, 9.17) is 26.3 Å². The molecule has 90 valence electrons. The van der Waals surface area contributed by atoms with Crippen molar-refractivity contribution >= 4 is 22.4 Å². The van der Waals surface area contributed by atoms with Crippen LogP contribution in [0.15, 0.2) is 36.4 Å². The Hall–Kier alpha value is -3.60. The second-order valence-corrected chi connectivity index (χ2v) is 3.87. The molecule has 0 saturated carbocycles. The third-order valence-corrected chi connectivity index (χ3v) is 2.78. The van der Waals surface area contributed by atoms with Crippen molar-refractivity contribution in [3.8, 4) is 0 Å². The van der Waals surface area contributed by atoms with Crippen LogP contribution in [-0.4, -0.2) is 0 Å². The molecule has 2 aromatic carbocycles. The molecule has 0 fully saturated rings. The van der Waals surface area contributed by atoms with Gasteiger partial charge in [-0.1, -0.05) is 24.3 Å². The highest BCUT2D eigenvalue weighted by molar-refractivity contribution is 5.84. The van der Waals surface area contributed by atoms with Crippen LogP contribution in [0.2, 0.25) is 0 Å². The van der Waals surface area contributed by atoms with Crippen LogP contribution in [0.1, 0.15) is 0 Å². The van der Waals surface area contributed by atoms with E-state index < -0.39 is 0 Å². The van der Waals surface area contributed by atoms with Gasteiger partial charge in [-0.15, -0.1) is 0 Å². The van der Waals surface area contributed by atoms with E-state index in [9.17, 15) is 0 Å². The van der Waals surface area contributed by atoms with Crippen LogP contribution in [0.25, 0.3) is 41.8 Å². The fourth-order valence-electron chi connectivity index (χ4n) is 1.83. The second-order valence-electron chi connectivity index (χ2n) is 3.87. The fourth-order valence-corrected chi connectivity index (χ4v) is 1.83. The monoisotopic (exact) mass is 254 g/mol. The summed E-state index contributed by atoms with van der Waals surface area (Å²) in [5.74, 6) is 0.0658. The van der Waals surface area contributed by atoms with E-state index in [1.165, 1.54) is 0 Å². The maximum atomic E-state index is 6.95. The maximum absolute atomic E-state index is 6.95. The van der Waals surface area contributed by atoms with Gasteiger partial charge in [0.1, 0.15) is 26.3 Å². The first kappa shape index (κ1) is 12.8. The topological polar surface area (TPSA) is 17.4 Å². The van der Waals surface area contributed by atoms with Gasteiger partial charge in [0.25, 0.3) is 0 Å². The largest absolute Gasteiger partial charge is 0.526 e. The van der Waals surface area contributed by atoms with Crippen LogP contribution < -0.4 is 10.4 Å². The Morgan fingerprint density at radius 2 is 0.950 bits per heavy atom. The lowest BCUT2D eigenvalue weighted by molar-refractivity contribution is 1.59. The predicted octanol–water partition coefficient (Wildman–Crippen LogP) is 2.65. The van der Waals surface area contributed by atoms with E-state index in [0.717, 1.165) is 10.8 Å². The van der Waals surface area contributed by atoms with Gasteiger partial charge in [0.05, 0.1) is 10.4 Å². The molecule has 2 rings (SSSR count). The molecule has 0 radical (unpaired) electrons. The zero-order valence-corrected chi connectivity index (χ0v) is 10.3. The summed E-state index contributed by atoms with van der Waals surface area (Å²) in [6.45, 7) is 27.8. The fraction of sp³-hybridized carbons (Fsp3) is 0. The minimum atomic E-state index is 0.0329. The average Bonchev–Trinajstić information content (AvgIpc) is 2.49. The van der Waals surface area contributed by atoms with Crippen molar-refractivity contribution in [3.63, 3.8) is 0 Å². The molecular weight excluding hydrogens is 248 g/mol. The molecule has 20 heavy (non-hydrogen) atoms. The number of benzene rings is 2. The summed E-state index contributed by atoms with van der Waals surface area (Å²) in [6, 6.07) is 10.5. The number of nitrogens with zero attached hydrogens (tertiary/aromatic N) is 4. The maximum Gasteiger partial charge on any atom is 0.526 e. The van der Waals surface area contributed by atoms with Crippen LogP contribution in [-0.2, 0) is 0 Å². The molecule has 0 spiro atoms. The zero-order valence-electron chi connectivity index (χ0n) is 10.3. The number of hydrogen-bond donors (Lipinski definition) is 0. The lowest BCUT2D eigenvalue weighted by Gasteiger charge is -1.95. The first-order valence-corrected chi connectivity index (χ1v) is 5.51. The normalized spacial score (nSPS) is 8.80. The summed E-state index contributed by atoms with van der Waals surface area (Å²) in [4.78, 5) is 12.7. The van der Waals surface area contributed by atoms with E-state index in [1.54, 1.807) is 36.4 Å². The summed E-state index contributed by atoms with van der Waals surface area (Å²) in [6.07, 6.45) is 0. The van der Waals surface area contributed by atoms with Crippen molar-refractivity contribution in [2.24, 2.45) is 0 Å². The van der Waals surface area contributed by atoms with Crippen molar-refractivity contribution in [1.29, 1.82) is 0 Å². The van der Waals surface area contributed by atoms with Crippen LogP contribution in [0.5, 0.6) is 0 Å². The van der Waals surface area contributed by atoms with Crippen LogP contribution in [0, 0.1) is 26.3 Å². The van der Waals surface area contributed by atoms with Gasteiger partial charge in [0.2, 0.25) is 0 Å². The first-order chi connectivity index (χ1) is 9.73. The highest BCUT2D eigenvalue weighted by Crippen LogP contribution is 2.10. The average molecular weight is 254 g/mol. The summed E-state index contributed by atoms with van der Waals surface area (Å²) in [5, 5.41) is 2.89. The Kier molecular flexibility index (Phi) is 3.45. The minimum Gasteiger partial charge on any atom is -0.153 e. The van der Waals surface area contributed by atoms with Crippen molar-refractivity contribution < 1.29 is 0 Å². The molecule has 0 heterocycles. The molecule has 4 nitrogen and oxygen atoms in total. The van der Waals surface area contributed by atoms with Crippen molar-refractivity contribution in [2.45, 2.75) is 0 Å². The van der Waals surface area contributed by atoms with E-state index >= 15 is 0 Å². The number of hydrogen-bond acceptors (Lipinski definition) is 0. The van der Waals surface area contributed by atoms with Crippen LogP contribution in [0.4, 0.5) is 0 Å². The predicted molar refractivity (Wildman–Crippen MR) is 76.4 cm³/mol. The Balaban J connectivity index is 2.84. The third kappa shape index (κ3) is 2.19. The molecule has 0 aliphatic heterocycles. The second kappa shape index (κ2) is 5.36. The first-order valence-electron chi connectivity index (χ1n) is 5.51. The van der Waals surface area contributed by atoms with Gasteiger partial charge in [-0.2, -0.15) is 19.4 Å². The molecule has 4 heteroatoms.